The minimum atomic E-state index is -0.409. The lowest BCUT2D eigenvalue weighted by atomic mass is 10.2. The molecule has 0 saturated carbocycles. The number of nitrogens with zero attached hydrogens (tertiary/aromatic N) is 2. The van der Waals surface area contributed by atoms with Gasteiger partial charge in [-0.1, -0.05) is 0 Å². The first-order valence-electron chi connectivity index (χ1n) is 5.24. The van der Waals surface area contributed by atoms with Gasteiger partial charge in [-0.25, -0.2) is 9.78 Å². The number of carbonyl (C=O) groups is 1. The Kier molecular flexibility index (Phi) is 4.10. The van der Waals surface area contributed by atoms with Gasteiger partial charge in [-0.2, -0.15) is 0 Å². The maximum atomic E-state index is 11.6. The Hall–Kier alpha value is -1.78. The summed E-state index contributed by atoms with van der Waals surface area (Å²) in [6, 6.07) is 1.57. The van der Waals surface area contributed by atoms with Crippen LogP contribution >= 0.6 is 0 Å². The van der Waals surface area contributed by atoms with Crippen molar-refractivity contribution in [3.8, 4) is 0 Å². The summed E-state index contributed by atoms with van der Waals surface area (Å²) in [6.45, 7) is 4.84. The Balaban J connectivity index is 3.08. The van der Waals surface area contributed by atoms with Gasteiger partial charge >= 0.3 is 5.97 Å². The van der Waals surface area contributed by atoms with Crippen LogP contribution in [0.5, 0.6) is 0 Å². The van der Waals surface area contributed by atoms with Crippen LogP contribution in [0, 0.1) is 0 Å². The summed E-state index contributed by atoms with van der Waals surface area (Å²) in [5.41, 5.74) is 6.62. The number of hydrogen-bond acceptors (Lipinski definition) is 5. The molecule has 1 rings (SSSR count). The van der Waals surface area contributed by atoms with E-state index >= 15 is 0 Å². The molecule has 0 spiro atoms. The highest BCUT2D eigenvalue weighted by atomic mass is 16.5. The first kappa shape index (κ1) is 12.3. The molecular formula is C11H17N3O2. The molecular weight excluding hydrogens is 206 g/mol. The van der Waals surface area contributed by atoms with Crippen LogP contribution in [0.2, 0.25) is 0 Å². The maximum Gasteiger partial charge on any atom is 0.340 e. The second-order valence-electron chi connectivity index (χ2n) is 3.33. The molecule has 0 aliphatic heterocycles. The monoisotopic (exact) mass is 223 g/mol. The molecule has 1 aromatic heterocycles. The molecule has 0 aliphatic carbocycles. The lowest BCUT2D eigenvalue weighted by Crippen LogP contribution is -2.20. The van der Waals surface area contributed by atoms with Crippen LogP contribution in [0.4, 0.5) is 11.5 Å². The van der Waals surface area contributed by atoms with Gasteiger partial charge in [0.1, 0.15) is 0 Å². The van der Waals surface area contributed by atoms with Crippen molar-refractivity contribution in [3.63, 3.8) is 0 Å². The molecule has 1 aromatic rings. The fourth-order valence-corrected chi connectivity index (χ4v) is 1.30. The molecule has 0 amide bonds. The number of nitrogen functional groups attached to an aromatic ring is 1. The van der Waals surface area contributed by atoms with Gasteiger partial charge in [-0.3, -0.25) is 0 Å². The van der Waals surface area contributed by atoms with Crippen LogP contribution in [0.25, 0.3) is 0 Å². The van der Waals surface area contributed by atoms with Gasteiger partial charge in [0, 0.05) is 19.8 Å². The highest BCUT2D eigenvalue weighted by molar-refractivity contribution is 5.97. The quantitative estimate of drug-likeness (QED) is 0.779. The number of carbonyl (C=O) groups excluding carboxylic acids is 1. The Morgan fingerprint density at radius 2 is 2.25 bits per heavy atom. The Bertz CT molecular complexity index is 379. The molecule has 16 heavy (non-hydrogen) atoms. The predicted molar refractivity (Wildman–Crippen MR) is 63.5 cm³/mol. The Morgan fingerprint density at radius 3 is 2.81 bits per heavy atom. The summed E-state index contributed by atoms with van der Waals surface area (Å²) in [4.78, 5) is 17.6. The van der Waals surface area contributed by atoms with Crippen molar-refractivity contribution in [1.29, 1.82) is 0 Å². The number of ether oxygens (including phenoxy) is 1. The number of nitrogens with two attached hydrogens (primary N) is 1. The normalized spacial score (nSPS) is 9.94. The third kappa shape index (κ3) is 2.42. The van der Waals surface area contributed by atoms with Gasteiger partial charge in [0.15, 0.2) is 5.82 Å². The average molecular weight is 223 g/mol. The van der Waals surface area contributed by atoms with Crippen LogP contribution in [0.15, 0.2) is 12.3 Å². The molecule has 0 atom stereocenters. The first-order valence-corrected chi connectivity index (χ1v) is 5.24. The largest absolute Gasteiger partial charge is 0.462 e. The van der Waals surface area contributed by atoms with Gasteiger partial charge in [-0.05, 0) is 19.9 Å². The van der Waals surface area contributed by atoms with E-state index in [1.54, 1.807) is 19.2 Å². The number of aromatic nitrogens is 1. The van der Waals surface area contributed by atoms with Crippen molar-refractivity contribution < 1.29 is 9.53 Å². The lowest BCUT2D eigenvalue weighted by molar-refractivity contribution is 0.0527. The molecule has 5 heteroatoms. The van der Waals surface area contributed by atoms with Gasteiger partial charge < -0.3 is 15.4 Å². The smallest absolute Gasteiger partial charge is 0.340 e. The first-order chi connectivity index (χ1) is 7.61. The summed E-state index contributed by atoms with van der Waals surface area (Å²) in [5.74, 6) is 0.196. The van der Waals surface area contributed by atoms with Crippen molar-refractivity contribution in [1.82, 2.24) is 4.98 Å². The van der Waals surface area contributed by atoms with E-state index in [1.165, 1.54) is 0 Å². The SMILES string of the molecule is CCOC(=O)c1ccnc(N(C)CC)c1N. The van der Waals surface area contributed by atoms with E-state index in [0.29, 0.717) is 23.7 Å². The van der Waals surface area contributed by atoms with E-state index < -0.39 is 5.97 Å². The van der Waals surface area contributed by atoms with Gasteiger partial charge in [-0.15, -0.1) is 0 Å². The second kappa shape index (κ2) is 5.34. The maximum absolute atomic E-state index is 11.6. The van der Waals surface area contributed by atoms with Gasteiger partial charge in [0.05, 0.1) is 17.9 Å². The number of rotatable bonds is 4. The van der Waals surface area contributed by atoms with Crippen molar-refractivity contribution in [2.45, 2.75) is 13.8 Å². The molecule has 0 fully saturated rings. The van der Waals surface area contributed by atoms with Crippen LogP contribution in [0.3, 0.4) is 0 Å². The second-order valence-corrected chi connectivity index (χ2v) is 3.33. The zero-order chi connectivity index (χ0) is 12.1. The van der Waals surface area contributed by atoms with E-state index in [2.05, 4.69) is 4.98 Å². The number of pyridine rings is 1. The summed E-state index contributed by atoms with van der Waals surface area (Å²) in [6.07, 6.45) is 1.56. The van der Waals surface area contributed by atoms with Crippen LogP contribution in [-0.2, 0) is 4.74 Å². The zero-order valence-electron chi connectivity index (χ0n) is 9.86. The number of esters is 1. The summed E-state index contributed by atoms with van der Waals surface area (Å²) >= 11 is 0. The van der Waals surface area contributed by atoms with Crippen molar-refractivity contribution in [3.05, 3.63) is 17.8 Å². The number of hydrogen-bond donors (Lipinski definition) is 1. The Morgan fingerprint density at radius 1 is 1.56 bits per heavy atom. The van der Waals surface area contributed by atoms with Crippen LogP contribution in [-0.4, -0.2) is 31.2 Å². The predicted octanol–water partition coefficient (Wildman–Crippen LogP) is 1.30. The van der Waals surface area contributed by atoms with E-state index in [4.69, 9.17) is 10.5 Å². The third-order valence-electron chi connectivity index (χ3n) is 2.30. The Labute approximate surface area is 95.2 Å². The van der Waals surface area contributed by atoms with Crippen LogP contribution in [0.1, 0.15) is 24.2 Å². The third-order valence-corrected chi connectivity index (χ3v) is 2.30. The molecule has 0 unspecified atom stereocenters. The highest BCUT2D eigenvalue weighted by Crippen LogP contribution is 2.23. The summed E-state index contributed by atoms with van der Waals surface area (Å²) < 4.78 is 4.91. The minimum absolute atomic E-state index is 0.333. The van der Waals surface area contributed by atoms with E-state index in [-0.39, 0.29) is 0 Å². The highest BCUT2D eigenvalue weighted by Gasteiger charge is 2.15. The van der Waals surface area contributed by atoms with Gasteiger partial charge in [0.25, 0.3) is 0 Å². The average Bonchev–Trinajstić information content (AvgIpc) is 2.28. The van der Waals surface area contributed by atoms with Crippen molar-refractivity contribution in [2.24, 2.45) is 0 Å². The standard InChI is InChI=1S/C11H17N3O2/c1-4-14(3)10-9(12)8(6-7-13-10)11(15)16-5-2/h6-7H,4-5,12H2,1-3H3. The topological polar surface area (TPSA) is 68.5 Å². The summed E-state index contributed by atoms with van der Waals surface area (Å²) in [5, 5.41) is 0. The molecule has 0 radical (unpaired) electrons. The molecule has 0 saturated heterocycles. The van der Waals surface area contributed by atoms with Gasteiger partial charge in [0.2, 0.25) is 0 Å². The molecule has 1 heterocycles. The van der Waals surface area contributed by atoms with E-state index in [1.807, 2.05) is 18.9 Å². The molecule has 2 N–H and O–H groups in total. The van der Waals surface area contributed by atoms with Crippen molar-refractivity contribution in [2.75, 3.05) is 30.8 Å². The van der Waals surface area contributed by atoms with E-state index in [9.17, 15) is 4.79 Å². The van der Waals surface area contributed by atoms with Crippen LogP contribution < -0.4 is 10.6 Å². The zero-order valence-corrected chi connectivity index (χ0v) is 9.86. The fraction of sp³-hybridized carbons (Fsp3) is 0.455. The number of anilines is 2. The molecule has 0 aliphatic rings. The van der Waals surface area contributed by atoms with E-state index in [0.717, 1.165) is 6.54 Å². The summed E-state index contributed by atoms with van der Waals surface area (Å²) in [7, 11) is 1.87. The lowest BCUT2D eigenvalue weighted by Gasteiger charge is -2.18. The fourth-order valence-electron chi connectivity index (χ4n) is 1.30. The molecule has 88 valence electrons. The molecule has 0 aromatic carbocycles. The van der Waals surface area contributed by atoms with Crippen molar-refractivity contribution >= 4 is 17.5 Å². The minimum Gasteiger partial charge on any atom is -0.462 e. The molecule has 5 nitrogen and oxygen atoms in total. The molecule has 0 bridgehead atoms.